The van der Waals surface area contributed by atoms with E-state index in [9.17, 15) is 0 Å². The van der Waals surface area contributed by atoms with Crippen LogP contribution in [0.15, 0.2) is 42.7 Å². The van der Waals surface area contributed by atoms with E-state index in [1.165, 1.54) is 12.8 Å². The molecule has 0 spiro atoms. The molecular weight excluding hydrogens is 250 g/mol. The Morgan fingerprint density at radius 2 is 1.70 bits per heavy atom. The Hall–Kier alpha value is -2.30. The van der Waals surface area contributed by atoms with Crippen LogP contribution in [0.5, 0.6) is 0 Å². The van der Waals surface area contributed by atoms with Gasteiger partial charge in [-0.15, -0.1) is 0 Å². The Morgan fingerprint density at radius 3 is 2.50 bits per heavy atom. The van der Waals surface area contributed by atoms with Crippen molar-refractivity contribution in [2.45, 2.75) is 18.9 Å². The van der Waals surface area contributed by atoms with Gasteiger partial charge < -0.3 is 16.0 Å². The van der Waals surface area contributed by atoms with E-state index >= 15 is 0 Å². The molecule has 1 aromatic carbocycles. The molecule has 2 aromatic rings. The zero-order valence-electron chi connectivity index (χ0n) is 11.3. The topological polar surface area (TPSA) is 61.9 Å². The van der Waals surface area contributed by atoms with Gasteiger partial charge in [-0.25, -0.2) is 9.97 Å². The SMILES string of the molecule is c1ccc(NCCNc2cc(NC3CC3)ncn2)cc1. The summed E-state index contributed by atoms with van der Waals surface area (Å²) in [5.74, 6) is 1.76. The lowest BCUT2D eigenvalue weighted by Crippen LogP contribution is -2.14. The van der Waals surface area contributed by atoms with E-state index in [0.717, 1.165) is 30.4 Å². The average Bonchev–Trinajstić information content (AvgIpc) is 3.29. The lowest BCUT2D eigenvalue weighted by atomic mass is 10.3. The molecule has 0 unspecified atom stereocenters. The predicted molar refractivity (Wildman–Crippen MR) is 82.1 cm³/mol. The number of nitrogens with one attached hydrogen (secondary N) is 3. The molecule has 5 nitrogen and oxygen atoms in total. The van der Waals surface area contributed by atoms with Gasteiger partial charge in [0.25, 0.3) is 0 Å². The van der Waals surface area contributed by atoms with Crippen LogP contribution in [0.25, 0.3) is 0 Å². The molecule has 1 aliphatic carbocycles. The Labute approximate surface area is 118 Å². The molecule has 5 heteroatoms. The van der Waals surface area contributed by atoms with Crippen molar-refractivity contribution in [3.8, 4) is 0 Å². The monoisotopic (exact) mass is 269 g/mol. The molecule has 0 atom stereocenters. The smallest absolute Gasteiger partial charge is 0.131 e. The van der Waals surface area contributed by atoms with Gasteiger partial charge in [0.05, 0.1) is 0 Å². The number of aromatic nitrogens is 2. The standard InChI is InChI=1S/C15H19N5/c1-2-4-12(5-3-1)16-8-9-17-14-10-15(19-11-18-14)20-13-6-7-13/h1-5,10-11,13,16H,6-9H2,(H2,17,18,19,20). The minimum absolute atomic E-state index is 0.609. The zero-order valence-corrected chi connectivity index (χ0v) is 11.3. The predicted octanol–water partition coefficient (Wildman–Crippen LogP) is 2.57. The van der Waals surface area contributed by atoms with Crippen molar-refractivity contribution < 1.29 is 0 Å². The van der Waals surface area contributed by atoms with Gasteiger partial charge in [0.15, 0.2) is 0 Å². The molecule has 3 N–H and O–H groups in total. The van der Waals surface area contributed by atoms with E-state index in [4.69, 9.17) is 0 Å². The molecule has 0 aliphatic heterocycles. The fourth-order valence-corrected chi connectivity index (χ4v) is 1.92. The molecule has 1 fully saturated rings. The first-order valence-electron chi connectivity index (χ1n) is 7.01. The van der Waals surface area contributed by atoms with Crippen LogP contribution in [-0.2, 0) is 0 Å². The second kappa shape index (κ2) is 6.23. The van der Waals surface area contributed by atoms with E-state index in [2.05, 4.69) is 38.1 Å². The van der Waals surface area contributed by atoms with Crippen LogP contribution in [0.3, 0.4) is 0 Å². The molecule has 1 aromatic heterocycles. The fraction of sp³-hybridized carbons (Fsp3) is 0.333. The van der Waals surface area contributed by atoms with Crippen LogP contribution in [0, 0.1) is 0 Å². The van der Waals surface area contributed by atoms with Gasteiger partial charge in [0.2, 0.25) is 0 Å². The molecule has 0 radical (unpaired) electrons. The Bertz CT molecular complexity index is 539. The summed E-state index contributed by atoms with van der Waals surface area (Å²) in [6.07, 6.45) is 4.08. The quantitative estimate of drug-likeness (QED) is 0.674. The number of benzene rings is 1. The van der Waals surface area contributed by atoms with Gasteiger partial charge in [0.1, 0.15) is 18.0 Å². The van der Waals surface area contributed by atoms with Gasteiger partial charge in [-0.2, -0.15) is 0 Å². The Morgan fingerprint density at radius 1 is 0.950 bits per heavy atom. The van der Waals surface area contributed by atoms with Crippen molar-refractivity contribution in [1.29, 1.82) is 0 Å². The summed E-state index contributed by atoms with van der Waals surface area (Å²) in [6.45, 7) is 1.66. The lowest BCUT2D eigenvalue weighted by Gasteiger charge is -2.09. The van der Waals surface area contributed by atoms with Crippen LogP contribution >= 0.6 is 0 Å². The molecule has 3 rings (SSSR count). The third-order valence-electron chi connectivity index (χ3n) is 3.13. The second-order valence-electron chi connectivity index (χ2n) is 4.93. The first kappa shape index (κ1) is 12.7. The lowest BCUT2D eigenvalue weighted by molar-refractivity contribution is 1.03. The molecule has 104 valence electrons. The normalized spacial score (nSPS) is 13.8. The first-order chi connectivity index (χ1) is 9.90. The summed E-state index contributed by atoms with van der Waals surface area (Å²) in [4.78, 5) is 8.44. The summed E-state index contributed by atoms with van der Waals surface area (Å²) < 4.78 is 0. The first-order valence-corrected chi connectivity index (χ1v) is 7.01. The molecule has 0 amide bonds. The second-order valence-corrected chi connectivity index (χ2v) is 4.93. The van der Waals surface area contributed by atoms with Crippen LogP contribution < -0.4 is 16.0 Å². The maximum Gasteiger partial charge on any atom is 0.131 e. The summed E-state index contributed by atoms with van der Waals surface area (Å²) in [5, 5.41) is 10.0. The highest BCUT2D eigenvalue weighted by atomic mass is 15.1. The molecule has 0 saturated heterocycles. The van der Waals surface area contributed by atoms with Gasteiger partial charge in [-0.05, 0) is 25.0 Å². The van der Waals surface area contributed by atoms with E-state index in [1.807, 2.05) is 24.3 Å². The summed E-state index contributed by atoms with van der Waals surface area (Å²) >= 11 is 0. The van der Waals surface area contributed by atoms with E-state index in [-0.39, 0.29) is 0 Å². The molecule has 0 bridgehead atoms. The Kier molecular flexibility index (Phi) is 3.96. The van der Waals surface area contributed by atoms with Crippen molar-refractivity contribution in [3.05, 3.63) is 42.7 Å². The molecular formula is C15H19N5. The van der Waals surface area contributed by atoms with Crippen LogP contribution in [0.4, 0.5) is 17.3 Å². The van der Waals surface area contributed by atoms with E-state index in [0.29, 0.717) is 6.04 Å². The van der Waals surface area contributed by atoms with Crippen molar-refractivity contribution >= 4 is 17.3 Å². The number of hydrogen-bond acceptors (Lipinski definition) is 5. The van der Waals surface area contributed by atoms with Crippen molar-refractivity contribution in [2.24, 2.45) is 0 Å². The number of anilines is 3. The van der Waals surface area contributed by atoms with Gasteiger partial charge >= 0.3 is 0 Å². The highest BCUT2D eigenvalue weighted by molar-refractivity contribution is 5.48. The minimum Gasteiger partial charge on any atom is -0.383 e. The summed E-state index contributed by atoms with van der Waals surface area (Å²) in [6, 6.07) is 12.7. The van der Waals surface area contributed by atoms with E-state index < -0.39 is 0 Å². The number of para-hydroxylation sites is 1. The molecule has 1 aliphatic rings. The largest absolute Gasteiger partial charge is 0.383 e. The van der Waals surface area contributed by atoms with Crippen molar-refractivity contribution in [3.63, 3.8) is 0 Å². The molecule has 1 heterocycles. The number of nitrogens with zero attached hydrogens (tertiary/aromatic N) is 2. The van der Waals surface area contributed by atoms with Crippen LogP contribution in [0.1, 0.15) is 12.8 Å². The average molecular weight is 269 g/mol. The Balaban J connectivity index is 1.43. The van der Waals surface area contributed by atoms with Crippen LogP contribution in [0.2, 0.25) is 0 Å². The zero-order chi connectivity index (χ0) is 13.6. The van der Waals surface area contributed by atoms with Gasteiger partial charge in [-0.1, -0.05) is 18.2 Å². The maximum absolute atomic E-state index is 4.22. The third-order valence-corrected chi connectivity index (χ3v) is 3.13. The number of rotatable bonds is 7. The minimum atomic E-state index is 0.609. The maximum atomic E-state index is 4.22. The number of hydrogen-bond donors (Lipinski definition) is 3. The summed E-state index contributed by atoms with van der Waals surface area (Å²) in [7, 11) is 0. The van der Waals surface area contributed by atoms with Crippen molar-refractivity contribution in [1.82, 2.24) is 9.97 Å². The summed E-state index contributed by atoms with van der Waals surface area (Å²) in [5.41, 5.74) is 1.13. The van der Waals surface area contributed by atoms with Crippen LogP contribution in [-0.4, -0.2) is 29.1 Å². The van der Waals surface area contributed by atoms with Gasteiger partial charge in [0, 0.05) is 30.9 Å². The molecule has 1 saturated carbocycles. The van der Waals surface area contributed by atoms with E-state index in [1.54, 1.807) is 6.33 Å². The fourth-order valence-electron chi connectivity index (χ4n) is 1.92. The highest BCUT2D eigenvalue weighted by Gasteiger charge is 2.21. The highest BCUT2D eigenvalue weighted by Crippen LogP contribution is 2.23. The third kappa shape index (κ3) is 3.85. The van der Waals surface area contributed by atoms with Crippen molar-refractivity contribution in [2.75, 3.05) is 29.0 Å². The van der Waals surface area contributed by atoms with Gasteiger partial charge in [-0.3, -0.25) is 0 Å². The molecule has 20 heavy (non-hydrogen) atoms.